The first-order chi connectivity index (χ1) is 33.0. The van der Waals surface area contributed by atoms with E-state index >= 15 is 0 Å². The summed E-state index contributed by atoms with van der Waals surface area (Å²) in [5, 5.41) is 50.3. The van der Waals surface area contributed by atoms with Crippen molar-refractivity contribution in [3.63, 3.8) is 0 Å². The zero-order chi connectivity index (χ0) is 49.8. The quantitative estimate of drug-likeness (QED) is 0.0147. The first-order valence-corrected chi connectivity index (χ1v) is 27.9. The number of phosphoric acid groups is 1. The van der Waals surface area contributed by atoms with Crippen LogP contribution in [-0.2, 0) is 27.9 Å². The number of rotatable bonds is 44. The van der Waals surface area contributed by atoms with Crippen LogP contribution in [0.25, 0.3) is 0 Å². The Kier molecular flexibility index (Phi) is 41.5. The first kappa shape index (κ1) is 63.5. The Labute approximate surface area is 412 Å². The van der Waals surface area contributed by atoms with E-state index in [1.807, 2.05) is 12.2 Å². The molecule has 1 aliphatic rings. The van der Waals surface area contributed by atoms with Crippen LogP contribution in [0.2, 0.25) is 0 Å². The number of esters is 1. The Morgan fingerprint density at radius 1 is 0.485 bits per heavy atom. The highest BCUT2D eigenvalue weighted by molar-refractivity contribution is 7.47. The summed E-state index contributed by atoms with van der Waals surface area (Å²) in [6.07, 6.45) is 48.1. The molecule has 0 spiro atoms. The van der Waals surface area contributed by atoms with Gasteiger partial charge in [0.15, 0.2) is 0 Å². The fraction of sp³-hybridized carbons (Fsp3) is 0.727. The van der Waals surface area contributed by atoms with Crippen molar-refractivity contribution in [3.8, 4) is 0 Å². The molecule has 6 unspecified atom stereocenters. The van der Waals surface area contributed by atoms with Crippen LogP contribution in [0.4, 0.5) is 0 Å². The molecular formula is C55H95O12P. The van der Waals surface area contributed by atoms with Gasteiger partial charge in [0.05, 0.1) is 13.2 Å². The molecule has 12 nitrogen and oxygen atoms in total. The Morgan fingerprint density at radius 2 is 0.868 bits per heavy atom. The lowest BCUT2D eigenvalue weighted by molar-refractivity contribution is -0.220. The highest BCUT2D eigenvalue weighted by Crippen LogP contribution is 2.47. The fourth-order valence-electron chi connectivity index (χ4n) is 7.61. The molecular weight excluding hydrogens is 884 g/mol. The van der Waals surface area contributed by atoms with Crippen molar-refractivity contribution in [2.45, 2.75) is 236 Å². The minimum Gasteiger partial charge on any atom is -0.457 e. The van der Waals surface area contributed by atoms with Crippen LogP contribution in [0, 0.1) is 0 Å². The van der Waals surface area contributed by atoms with Gasteiger partial charge >= 0.3 is 13.8 Å². The number of aliphatic hydroxyl groups is 5. The number of hydrogen-bond donors (Lipinski definition) is 6. The van der Waals surface area contributed by atoms with Gasteiger partial charge in [-0.3, -0.25) is 13.8 Å². The number of phosphoric ester groups is 1. The molecule has 1 saturated carbocycles. The summed E-state index contributed by atoms with van der Waals surface area (Å²) in [6, 6.07) is 0. The smallest absolute Gasteiger partial charge is 0.457 e. The number of carbonyl (C=O) groups is 1. The number of carbonyl (C=O) groups excluding carboxylic acids is 1. The Morgan fingerprint density at radius 3 is 1.32 bits per heavy atom. The predicted octanol–water partition coefficient (Wildman–Crippen LogP) is 12.1. The lowest BCUT2D eigenvalue weighted by atomic mass is 9.85. The van der Waals surface area contributed by atoms with Crippen molar-refractivity contribution >= 4 is 13.8 Å². The van der Waals surface area contributed by atoms with Crippen molar-refractivity contribution in [2.24, 2.45) is 0 Å². The van der Waals surface area contributed by atoms with Crippen molar-refractivity contribution in [3.05, 3.63) is 85.1 Å². The average molecular weight is 979 g/mol. The van der Waals surface area contributed by atoms with E-state index < -0.39 is 63.1 Å². The van der Waals surface area contributed by atoms with Gasteiger partial charge in [0.25, 0.3) is 0 Å². The average Bonchev–Trinajstić information content (AvgIpc) is 3.32. The van der Waals surface area contributed by atoms with Crippen LogP contribution in [-0.4, -0.2) is 98.9 Å². The molecule has 68 heavy (non-hydrogen) atoms. The second-order valence-electron chi connectivity index (χ2n) is 18.0. The molecule has 392 valence electrons. The van der Waals surface area contributed by atoms with Crippen LogP contribution in [0.3, 0.4) is 0 Å². The van der Waals surface area contributed by atoms with E-state index in [2.05, 4.69) is 86.8 Å². The molecule has 0 aromatic rings. The summed E-state index contributed by atoms with van der Waals surface area (Å²) in [7, 11) is -5.05. The number of hydrogen-bond acceptors (Lipinski definition) is 11. The molecule has 0 aliphatic heterocycles. The zero-order valence-corrected chi connectivity index (χ0v) is 43.0. The van der Waals surface area contributed by atoms with Gasteiger partial charge in [0, 0.05) is 13.0 Å². The van der Waals surface area contributed by atoms with Crippen molar-refractivity contribution < 1.29 is 58.3 Å². The van der Waals surface area contributed by atoms with Crippen LogP contribution < -0.4 is 0 Å². The molecule has 1 fully saturated rings. The van der Waals surface area contributed by atoms with E-state index in [9.17, 15) is 39.8 Å². The SMILES string of the molecule is CC/C=C\C/C=C\C/C=C\C/C=C\C/C=C\C/C=C\CCC(=O)OC(COCCCCCCCCCCCC/C=C\CCCCCCCCCC)COP(=O)(O)OC1C(O)C(O)C(O)C(O)C1O. The fourth-order valence-corrected chi connectivity index (χ4v) is 8.58. The molecule has 1 rings (SSSR count). The van der Waals surface area contributed by atoms with Gasteiger partial charge in [-0.2, -0.15) is 0 Å². The highest BCUT2D eigenvalue weighted by atomic mass is 31.2. The number of ether oxygens (including phenoxy) is 2. The monoisotopic (exact) mass is 979 g/mol. The molecule has 0 aromatic heterocycles. The molecule has 0 radical (unpaired) electrons. The highest BCUT2D eigenvalue weighted by Gasteiger charge is 2.51. The Bertz CT molecular complexity index is 1440. The second kappa shape index (κ2) is 44.5. The van der Waals surface area contributed by atoms with Gasteiger partial charge in [0.1, 0.15) is 42.7 Å². The minimum atomic E-state index is -5.05. The van der Waals surface area contributed by atoms with E-state index in [1.54, 1.807) is 0 Å². The van der Waals surface area contributed by atoms with Crippen molar-refractivity contribution in [1.29, 1.82) is 0 Å². The molecule has 6 N–H and O–H groups in total. The van der Waals surface area contributed by atoms with Gasteiger partial charge in [-0.05, 0) is 77.0 Å². The standard InChI is InChI=1S/C55H95O12P/c1-3-5-7-9-11-13-15-17-19-21-23-24-25-27-29-31-33-35-37-39-41-43-45-64-46-48(47-65-68(62,63)67-55-53(60)51(58)50(57)52(59)54(55)61)66-49(56)44-42-40-38-36-34-32-30-28-26-22-20-18-16-14-12-10-8-6-4-2/h6,8,12,14,18,20-21,23,26,28,32,34,38,40,48,50-55,57-61H,3-5,7,9-11,13,15-17,19,22,24-25,27,29-31,33,35-37,39,41-47H2,1-2H3,(H,62,63)/b8-6-,14-12-,20-18-,23-21-,28-26-,34-32-,40-38-. The molecule has 0 saturated heterocycles. The van der Waals surface area contributed by atoms with E-state index in [0.29, 0.717) is 19.4 Å². The summed E-state index contributed by atoms with van der Waals surface area (Å²) in [4.78, 5) is 23.2. The topological polar surface area (TPSA) is 192 Å². The van der Waals surface area contributed by atoms with Gasteiger partial charge < -0.3 is 39.9 Å². The largest absolute Gasteiger partial charge is 0.472 e. The number of allylic oxidation sites excluding steroid dienone is 14. The maximum absolute atomic E-state index is 12.9. The molecule has 0 bridgehead atoms. The zero-order valence-electron chi connectivity index (χ0n) is 42.1. The van der Waals surface area contributed by atoms with Gasteiger partial charge in [0.2, 0.25) is 0 Å². The maximum Gasteiger partial charge on any atom is 0.472 e. The van der Waals surface area contributed by atoms with Gasteiger partial charge in [-0.25, -0.2) is 4.57 Å². The number of aliphatic hydroxyl groups excluding tert-OH is 5. The summed E-state index contributed by atoms with van der Waals surface area (Å²) in [5.41, 5.74) is 0. The van der Waals surface area contributed by atoms with Crippen LogP contribution in [0.15, 0.2) is 85.1 Å². The molecule has 1 aliphatic carbocycles. The van der Waals surface area contributed by atoms with Gasteiger partial charge in [-0.15, -0.1) is 0 Å². The molecule has 0 aromatic carbocycles. The van der Waals surface area contributed by atoms with E-state index in [-0.39, 0.29) is 13.0 Å². The lowest BCUT2D eigenvalue weighted by Gasteiger charge is -2.41. The third-order valence-corrected chi connectivity index (χ3v) is 12.8. The summed E-state index contributed by atoms with van der Waals surface area (Å²) in [5.74, 6) is -0.560. The lowest BCUT2D eigenvalue weighted by Crippen LogP contribution is -2.64. The minimum absolute atomic E-state index is 0.0568. The van der Waals surface area contributed by atoms with Crippen LogP contribution in [0.5, 0.6) is 0 Å². The number of unbranched alkanes of at least 4 members (excludes halogenated alkanes) is 18. The molecule has 0 amide bonds. The normalized spacial score (nSPS) is 21.8. The van der Waals surface area contributed by atoms with E-state index in [0.717, 1.165) is 57.8 Å². The first-order valence-electron chi connectivity index (χ1n) is 26.4. The summed E-state index contributed by atoms with van der Waals surface area (Å²) < 4.78 is 34.2. The molecule has 13 heteroatoms. The Hall–Kier alpha value is -2.48. The predicted molar refractivity (Wildman–Crippen MR) is 276 cm³/mol. The second-order valence-corrected chi connectivity index (χ2v) is 19.4. The van der Waals surface area contributed by atoms with E-state index in [1.165, 1.54) is 103 Å². The van der Waals surface area contributed by atoms with Gasteiger partial charge in [-0.1, -0.05) is 195 Å². The van der Waals surface area contributed by atoms with Crippen LogP contribution in [0.1, 0.15) is 194 Å². The molecule has 6 atom stereocenters. The summed E-state index contributed by atoms with van der Waals surface area (Å²) in [6.45, 7) is 4.07. The van der Waals surface area contributed by atoms with E-state index in [4.69, 9.17) is 18.5 Å². The summed E-state index contributed by atoms with van der Waals surface area (Å²) >= 11 is 0. The maximum atomic E-state index is 12.9. The van der Waals surface area contributed by atoms with Crippen LogP contribution >= 0.6 is 7.82 Å². The third kappa shape index (κ3) is 35.6. The van der Waals surface area contributed by atoms with Crippen molar-refractivity contribution in [1.82, 2.24) is 0 Å². The molecule has 0 heterocycles. The Balaban J connectivity index is 2.38. The third-order valence-electron chi connectivity index (χ3n) is 11.8. The van der Waals surface area contributed by atoms with Crippen molar-refractivity contribution in [2.75, 3.05) is 19.8 Å².